The van der Waals surface area contributed by atoms with Gasteiger partial charge < -0.3 is 9.84 Å². The van der Waals surface area contributed by atoms with Crippen LogP contribution < -0.4 is 4.74 Å². The molecule has 4 rings (SSSR count). The number of aromatic nitrogens is 1. The maximum absolute atomic E-state index is 14.1. The third-order valence-electron chi connectivity index (χ3n) is 5.61. The molecule has 0 radical (unpaired) electrons. The molecule has 13 heteroatoms. The summed E-state index contributed by atoms with van der Waals surface area (Å²) in [7, 11) is -4.63. The van der Waals surface area contributed by atoms with Gasteiger partial charge in [-0.25, -0.2) is 16.8 Å². The van der Waals surface area contributed by atoms with Gasteiger partial charge >= 0.3 is 18.8 Å². The fourth-order valence-electron chi connectivity index (χ4n) is 3.93. The molecule has 0 aliphatic heterocycles. The molecule has 1 aromatic heterocycles. The number of carboxylic acid groups (broad SMARTS) is 1. The number of aliphatic carboxylic acids is 1. The predicted molar refractivity (Wildman–Crippen MR) is 124 cm³/mol. The monoisotopic (exact) mass is 557 g/mol. The summed E-state index contributed by atoms with van der Waals surface area (Å²) in [6, 6.07) is 10.1. The van der Waals surface area contributed by atoms with E-state index >= 15 is 0 Å². The smallest absolute Gasteiger partial charge is 0.416 e. The van der Waals surface area contributed by atoms with Crippen LogP contribution in [-0.4, -0.2) is 30.1 Å². The van der Waals surface area contributed by atoms with Crippen molar-refractivity contribution >= 4 is 26.9 Å². The topological polar surface area (TPSA) is 85.6 Å². The molecule has 0 saturated carbocycles. The second kappa shape index (κ2) is 10.0. The van der Waals surface area contributed by atoms with E-state index in [9.17, 15) is 39.6 Å². The van der Waals surface area contributed by atoms with Gasteiger partial charge in [-0.05, 0) is 59.5 Å². The molecule has 0 atom stereocenters. The van der Waals surface area contributed by atoms with Crippen LogP contribution in [0, 0.1) is 5.82 Å². The summed E-state index contributed by atoms with van der Waals surface area (Å²) in [4.78, 5) is 10.4. The third-order valence-corrected chi connectivity index (χ3v) is 7.28. The SMILES string of the molecule is O=C(O)CCc1cn(S(=O)(=O)c2cccc(C(F)(F)F)c2)c2cc(-c3cc(F)cc(OC(F)F)c3)ccc12. The number of carbonyl (C=O) groups is 1. The largest absolute Gasteiger partial charge is 0.481 e. The van der Waals surface area contributed by atoms with Gasteiger partial charge in [0.15, 0.2) is 0 Å². The third kappa shape index (κ3) is 5.62. The van der Waals surface area contributed by atoms with E-state index < -0.39 is 50.8 Å². The van der Waals surface area contributed by atoms with Crippen molar-refractivity contribution < 1.29 is 49.4 Å². The number of halogens is 6. The average molecular weight is 557 g/mol. The highest BCUT2D eigenvalue weighted by Gasteiger charge is 2.32. The van der Waals surface area contributed by atoms with Crippen LogP contribution in [-0.2, 0) is 27.4 Å². The minimum absolute atomic E-state index is 0.0408. The van der Waals surface area contributed by atoms with Crippen molar-refractivity contribution in [2.45, 2.75) is 30.5 Å². The van der Waals surface area contributed by atoms with Crippen molar-refractivity contribution in [3.8, 4) is 16.9 Å². The highest BCUT2D eigenvalue weighted by molar-refractivity contribution is 7.90. The number of ether oxygens (including phenoxy) is 1. The van der Waals surface area contributed by atoms with Gasteiger partial charge in [-0.15, -0.1) is 0 Å². The second-order valence-corrected chi connectivity index (χ2v) is 9.98. The summed E-state index contributed by atoms with van der Waals surface area (Å²) in [5.41, 5.74) is -0.710. The van der Waals surface area contributed by atoms with Gasteiger partial charge in [-0.3, -0.25) is 4.79 Å². The predicted octanol–water partition coefficient (Wildman–Crippen LogP) is 6.32. The molecule has 0 fully saturated rings. The lowest BCUT2D eigenvalue weighted by atomic mass is 10.0. The van der Waals surface area contributed by atoms with E-state index in [-0.39, 0.29) is 40.4 Å². The molecule has 3 aromatic carbocycles. The normalized spacial score (nSPS) is 12.3. The summed E-state index contributed by atoms with van der Waals surface area (Å²) in [5, 5.41) is 9.36. The lowest BCUT2D eigenvalue weighted by Gasteiger charge is -2.12. The molecule has 0 saturated heterocycles. The number of aryl methyl sites for hydroxylation is 1. The maximum atomic E-state index is 14.1. The minimum Gasteiger partial charge on any atom is -0.481 e. The highest BCUT2D eigenvalue weighted by atomic mass is 32.2. The fourth-order valence-corrected chi connectivity index (χ4v) is 5.36. The van der Waals surface area contributed by atoms with Gasteiger partial charge in [0.1, 0.15) is 11.6 Å². The molecule has 38 heavy (non-hydrogen) atoms. The summed E-state index contributed by atoms with van der Waals surface area (Å²) < 4.78 is 111. The molecule has 0 aliphatic rings. The molecule has 1 N–H and O–H groups in total. The van der Waals surface area contributed by atoms with Crippen LogP contribution in [0.25, 0.3) is 22.0 Å². The molecule has 0 spiro atoms. The Kier molecular flexibility index (Phi) is 7.15. The molecule has 4 aromatic rings. The maximum Gasteiger partial charge on any atom is 0.416 e. The van der Waals surface area contributed by atoms with E-state index in [2.05, 4.69) is 4.74 Å². The Morgan fingerprint density at radius 1 is 1.00 bits per heavy atom. The first-order valence-electron chi connectivity index (χ1n) is 10.8. The van der Waals surface area contributed by atoms with Crippen LogP contribution in [0.3, 0.4) is 0 Å². The van der Waals surface area contributed by atoms with Gasteiger partial charge in [-0.1, -0.05) is 18.2 Å². The van der Waals surface area contributed by atoms with Crippen LogP contribution in [0.4, 0.5) is 26.3 Å². The Bertz CT molecular complexity index is 1630. The van der Waals surface area contributed by atoms with E-state index in [1.54, 1.807) is 0 Å². The second-order valence-electron chi connectivity index (χ2n) is 8.16. The lowest BCUT2D eigenvalue weighted by molar-refractivity contribution is -0.138. The first kappa shape index (κ1) is 27.0. The Morgan fingerprint density at radius 2 is 1.74 bits per heavy atom. The summed E-state index contributed by atoms with van der Waals surface area (Å²) in [6.07, 6.45) is -4.14. The van der Waals surface area contributed by atoms with Crippen molar-refractivity contribution in [1.29, 1.82) is 0 Å². The highest BCUT2D eigenvalue weighted by Crippen LogP contribution is 2.35. The Balaban J connectivity index is 1.91. The fraction of sp³-hybridized carbons (Fsp3) is 0.160. The molecular formula is C25H17F6NO5S. The zero-order valence-corrected chi connectivity index (χ0v) is 19.9. The van der Waals surface area contributed by atoms with Crippen LogP contribution in [0.1, 0.15) is 17.5 Å². The van der Waals surface area contributed by atoms with E-state index in [0.717, 1.165) is 36.5 Å². The van der Waals surface area contributed by atoms with E-state index in [4.69, 9.17) is 5.11 Å². The van der Waals surface area contributed by atoms with Gasteiger partial charge in [0.2, 0.25) is 0 Å². The van der Waals surface area contributed by atoms with E-state index in [1.165, 1.54) is 18.2 Å². The first-order valence-corrected chi connectivity index (χ1v) is 12.2. The van der Waals surface area contributed by atoms with Gasteiger partial charge in [-0.2, -0.15) is 22.0 Å². The number of fused-ring (bicyclic) bond motifs is 1. The number of alkyl halides is 5. The quantitative estimate of drug-likeness (QED) is 0.256. The number of nitrogens with zero attached hydrogens (tertiary/aromatic N) is 1. The molecule has 0 aliphatic carbocycles. The molecule has 0 bridgehead atoms. The Labute approximate surface area is 211 Å². The minimum atomic E-state index is -4.81. The van der Waals surface area contributed by atoms with Crippen molar-refractivity contribution in [2.75, 3.05) is 0 Å². The van der Waals surface area contributed by atoms with E-state index in [1.807, 2.05) is 0 Å². The number of hydrogen-bond donors (Lipinski definition) is 1. The van der Waals surface area contributed by atoms with Crippen molar-refractivity contribution in [3.05, 3.63) is 83.8 Å². The van der Waals surface area contributed by atoms with Crippen LogP contribution in [0.2, 0.25) is 0 Å². The molecule has 6 nitrogen and oxygen atoms in total. The molecule has 1 heterocycles. The van der Waals surface area contributed by atoms with Gasteiger partial charge in [0.05, 0.1) is 16.0 Å². The summed E-state index contributed by atoms with van der Waals surface area (Å²) in [6.45, 7) is -3.22. The summed E-state index contributed by atoms with van der Waals surface area (Å²) in [5.74, 6) is -2.55. The molecular weight excluding hydrogens is 540 g/mol. The van der Waals surface area contributed by atoms with Crippen molar-refractivity contribution in [3.63, 3.8) is 0 Å². The van der Waals surface area contributed by atoms with Crippen LogP contribution in [0.15, 0.2) is 71.8 Å². The zero-order valence-electron chi connectivity index (χ0n) is 19.0. The first-order chi connectivity index (χ1) is 17.8. The Morgan fingerprint density at radius 3 is 2.39 bits per heavy atom. The Hall–Kier alpha value is -4.00. The van der Waals surface area contributed by atoms with Gasteiger partial charge in [0.25, 0.3) is 10.0 Å². The number of hydrogen-bond acceptors (Lipinski definition) is 4. The average Bonchev–Trinajstić information content (AvgIpc) is 3.20. The number of carboxylic acids is 1. The standard InChI is InChI=1S/C25H17F6NO5S/c26-18-8-16(9-19(12-18)37-24(27)28)14-4-6-21-15(5-7-23(33)34)13-32(22(21)10-14)38(35,36)20-3-1-2-17(11-20)25(29,30)31/h1-4,6,8-13,24H,5,7H2,(H,33,34). The molecule has 0 amide bonds. The lowest BCUT2D eigenvalue weighted by Crippen LogP contribution is -2.14. The molecule has 0 unspecified atom stereocenters. The van der Waals surface area contributed by atoms with Gasteiger partial charge in [0, 0.05) is 24.1 Å². The number of benzene rings is 3. The number of rotatable bonds is 8. The van der Waals surface area contributed by atoms with Crippen molar-refractivity contribution in [1.82, 2.24) is 3.97 Å². The molecule has 200 valence electrons. The van der Waals surface area contributed by atoms with E-state index in [0.29, 0.717) is 16.1 Å². The van der Waals surface area contributed by atoms with Crippen LogP contribution in [0.5, 0.6) is 5.75 Å². The van der Waals surface area contributed by atoms with Crippen LogP contribution >= 0.6 is 0 Å². The summed E-state index contributed by atoms with van der Waals surface area (Å²) >= 11 is 0. The zero-order chi connectivity index (χ0) is 27.8. The van der Waals surface area contributed by atoms with Crippen molar-refractivity contribution in [2.24, 2.45) is 0 Å².